The Morgan fingerprint density at radius 3 is 2.58 bits per heavy atom. The maximum atomic E-state index is 13.4. The van der Waals surface area contributed by atoms with Crippen LogP contribution in [0.5, 0.6) is 0 Å². The van der Waals surface area contributed by atoms with Crippen LogP contribution >= 0.6 is 24.2 Å². The van der Waals surface area contributed by atoms with Gasteiger partial charge in [0.1, 0.15) is 11.6 Å². The number of rotatable bonds is 2. The van der Waals surface area contributed by atoms with Crippen LogP contribution in [0.25, 0.3) is 0 Å². The normalized spacial score (nSPS) is 10.3. The van der Waals surface area contributed by atoms with Gasteiger partial charge < -0.3 is 5.32 Å². The highest BCUT2D eigenvalue weighted by Crippen LogP contribution is 2.22. The second-order valence-corrected chi connectivity index (χ2v) is 4.67. The highest BCUT2D eigenvalue weighted by Gasteiger charge is 2.13. The van der Waals surface area contributed by atoms with E-state index in [-0.39, 0.29) is 16.3 Å². The molecule has 0 aromatic heterocycles. The molecule has 0 heterocycles. The predicted octanol–water partition coefficient (Wildman–Crippen LogP) is 4.16. The molecule has 0 spiro atoms. The van der Waals surface area contributed by atoms with Crippen molar-refractivity contribution in [2.24, 2.45) is 0 Å². The largest absolute Gasteiger partial charge is 0.319 e. The minimum atomic E-state index is -0.855. The molecule has 2 aromatic rings. The quantitative estimate of drug-likeness (QED) is 0.801. The number of anilines is 1. The summed E-state index contributed by atoms with van der Waals surface area (Å²) in [5, 5.41) is 2.54. The number of halogens is 3. The van der Waals surface area contributed by atoms with Crippen LogP contribution < -0.4 is 5.32 Å². The Hall–Kier alpha value is -1.59. The van der Waals surface area contributed by atoms with E-state index in [1.165, 1.54) is 12.1 Å². The zero-order valence-electron chi connectivity index (χ0n) is 9.45. The third-order valence-corrected chi connectivity index (χ3v) is 2.98. The summed E-state index contributed by atoms with van der Waals surface area (Å²) in [5.74, 6) is -2.16. The third-order valence-electron chi connectivity index (χ3n) is 2.37. The van der Waals surface area contributed by atoms with Gasteiger partial charge in [0.2, 0.25) is 0 Å². The van der Waals surface area contributed by atoms with E-state index in [4.69, 9.17) is 11.6 Å². The fourth-order valence-corrected chi connectivity index (χ4v) is 1.87. The topological polar surface area (TPSA) is 29.1 Å². The zero-order chi connectivity index (χ0) is 14.0. The molecular formula is C13H8ClF2NOS. The summed E-state index contributed by atoms with van der Waals surface area (Å²) in [6.07, 6.45) is 0. The predicted molar refractivity (Wildman–Crippen MR) is 73.0 cm³/mol. The van der Waals surface area contributed by atoms with E-state index in [1.54, 1.807) is 6.07 Å². The number of hydrogen-bond donors (Lipinski definition) is 2. The molecule has 1 N–H and O–H groups in total. The van der Waals surface area contributed by atoms with E-state index < -0.39 is 17.5 Å². The Bertz CT molecular complexity index is 649. The van der Waals surface area contributed by atoms with Crippen molar-refractivity contribution in [3.05, 3.63) is 58.6 Å². The number of hydrogen-bond acceptors (Lipinski definition) is 2. The van der Waals surface area contributed by atoms with Crippen molar-refractivity contribution in [2.45, 2.75) is 4.90 Å². The average molecular weight is 300 g/mol. The average Bonchev–Trinajstić information content (AvgIpc) is 2.35. The van der Waals surface area contributed by atoms with E-state index in [0.29, 0.717) is 11.0 Å². The van der Waals surface area contributed by atoms with Crippen LogP contribution in [0.4, 0.5) is 14.5 Å². The van der Waals surface area contributed by atoms with Crippen LogP contribution in [-0.2, 0) is 0 Å². The Morgan fingerprint density at radius 1 is 1.16 bits per heavy atom. The Labute approximate surface area is 118 Å². The van der Waals surface area contributed by atoms with Gasteiger partial charge in [-0.25, -0.2) is 8.78 Å². The van der Waals surface area contributed by atoms with Crippen molar-refractivity contribution < 1.29 is 13.6 Å². The fraction of sp³-hybridized carbons (Fsp3) is 0. The van der Waals surface area contributed by atoms with Gasteiger partial charge in [-0.1, -0.05) is 11.6 Å². The molecule has 0 unspecified atom stereocenters. The highest BCUT2D eigenvalue weighted by atomic mass is 35.5. The second kappa shape index (κ2) is 5.59. The van der Waals surface area contributed by atoms with Gasteiger partial charge in [0.25, 0.3) is 5.91 Å². The fourth-order valence-electron chi connectivity index (χ4n) is 1.47. The van der Waals surface area contributed by atoms with E-state index in [2.05, 4.69) is 17.9 Å². The summed E-state index contributed by atoms with van der Waals surface area (Å²) in [6.45, 7) is 0. The van der Waals surface area contributed by atoms with Crippen LogP contribution in [0.1, 0.15) is 10.4 Å². The number of benzene rings is 2. The first-order chi connectivity index (χ1) is 8.97. The van der Waals surface area contributed by atoms with Crippen LogP contribution in [0.3, 0.4) is 0 Å². The van der Waals surface area contributed by atoms with Crippen molar-refractivity contribution in [1.29, 1.82) is 0 Å². The molecule has 0 saturated carbocycles. The SMILES string of the molecule is O=C(Nc1ccc(F)cc1F)c1cc(S)ccc1Cl. The molecule has 6 heteroatoms. The van der Waals surface area contributed by atoms with Crippen molar-refractivity contribution >= 4 is 35.8 Å². The van der Waals surface area contributed by atoms with Gasteiger partial charge in [0, 0.05) is 11.0 Å². The lowest BCUT2D eigenvalue weighted by atomic mass is 10.2. The number of thiol groups is 1. The van der Waals surface area contributed by atoms with Gasteiger partial charge in [-0.15, -0.1) is 12.6 Å². The van der Waals surface area contributed by atoms with Crippen LogP contribution in [0.2, 0.25) is 5.02 Å². The van der Waals surface area contributed by atoms with Gasteiger partial charge in [0.15, 0.2) is 0 Å². The zero-order valence-corrected chi connectivity index (χ0v) is 11.1. The summed E-state index contributed by atoms with van der Waals surface area (Å²) in [5.41, 5.74) is 0.0462. The first kappa shape index (κ1) is 13.8. The Morgan fingerprint density at radius 2 is 1.89 bits per heavy atom. The lowest BCUT2D eigenvalue weighted by molar-refractivity contribution is 0.102. The van der Waals surface area contributed by atoms with Crippen molar-refractivity contribution in [3.8, 4) is 0 Å². The van der Waals surface area contributed by atoms with E-state index >= 15 is 0 Å². The number of carbonyl (C=O) groups is 1. The molecule has 0 aliphatic rings. The van der Waals surface area contributed by atoms with Crippen LogP contribution in [0.15, 0.2) is 41.3 Å². The van der Waals surface area contributed by atoms with E-state index in [9.17, 15) is 13.6 Å². The molecule has 2 nitrogen and oxygen atoms in total. The molecule has 19 heavy (non-hydrogen) atoms. The summed E-state index contributed by atoms with van der Waals surface area (Å²) < 4.78 is 26.1. The minimum absolute atomic E-state index is 0.118. The molecule has 0 atom stereocenters. The molecule has 2 rings (SSSR count). The van der Waals surface area contributed by atoms with Crippen molar-refractivity contribution in [2.75, 3.05) is 5.32 Å². The van der Waals surface area contributed by atoms with Gasteiger partial charge in [-0.05, 0) is 30.3 Å². The van der Waals surface area contributed by atoms with Crippen LogP contribution in [0, 0.1) is 11.6 Å². The van der Waals surface area contributed by atoms with Crippen molar-refractivity contribution in [1.82, 2.24) is 0 Å². The molecule has 2 aromatic carbocycles. The number of amides is 1. The molecule has 0 saturated heterocycles. The number of nitrogens with one attached hydrogen (secondary N) is 1. The second-order valence-electron chi connectivity index (χ2n) is 3.74. The molecular weight excluding hydrogens is 292 g/mol. The Kier molecular flexibility index (Phi) is 4.07. The molecule has 1 amide bonds. The van der Waals surface area contributed by atoms with E-state index in [0.717, 1.165) is 12.1 Å². The van der Waals surface area contributed by atoms with Crippen LogP contribution in [-0.4, -0.2) is 5.91 Å². The third kappa shape index (κ3) is 3.24. The number of carbonyl (C=O) groups excluding carboxylic acids is 1. The summed E-state index contributed by atoms with van der Waals surface area (Å²) in [6, 6.07) is 7.48. The summed E-state index contributed by atoms with van der Waals surface area (Å²) >= 11 is 9.97. The standard InChI is InChI=1S/C13H8ClF2NOS/c14-10-3-2-8(19)6-9(10)13(18)17-12-4-1-7(15)5-11(12)16/h1-6,19H,(H,17,18). The monoisotopic (exact) mass is 299 g/mol. The smallest absolute Gasteiger partial charge is 0.257 e. The molecule has 0 fully saturated rings. The molecule has 0 bridgehead atoms. The minimum Gasteiger partial charge on any atom is -0.319 e. The maximum absolute atomic E-state index is 13.4. The molecule has 0 aliphatic carbocycles. The molecule has 0 aliphatic heterocycles. The summed E-state index contributed by atoms with van der Waals surface area (Å²) in [7, 11) is 0. The lowest BCUT2D eigenvalue weighted by Crippen LogP contribution is -2.13. The summed E-state index contributed by atoms with van der Waals surface area (Å²) in [4.78, 5) is 12.5. The highest BCUT2D eigenvalue weighted by molar-refractivity contribution is 7.80. The van der Waals surface area contributed by atoms with Crippen molar-refractivity contribution in [3.63, 3.8) is 0 Å². The molecule has 98 valence electrons. The first-order valence-corrected chi connectivity index (χ1v) is 6.05. The Balaban J connectivity index is 2.28. The van der Waals surface area contributed by atoms with Gasteiger partial charge in [-0.2, -0.15) is 0 Å². The first-order valence-electron chi connectivity index (χ1n) is 5.22. The maximum Gasteiger partial charge on any atom is 0.257 e. The molecule has 0 radical (unpaired) electrons. The van der Waals surface area contributed by atoms with E-state index in [1.807, 2.05) is 0 Å². The van der Waals surface area contributed by atoms with Gasteiger partial charge in [-0.3, -0.25) is 4.79 Å². The van der Waals surface area contributed by atoms with Gasteiger partial charge >= 0.3 is 0 Å². The lowest BCUT2D eigenvalue weighted by Gasteiger charge is -2.08. The van der Waals surface area contributed by atoms with Gasteiger partial charge in [0.05, 0.1) is 16.3 Å².